The lowest BCUT2D eigenvalue weighted by molar-refractivity contribution is -0.188. The number of carbonyl (C=O) groups excluding carboxylic acids is 1. The van der Waals surface area contributed by atoms with E-state index in [1.54, 1.807) is 0 Å². The first-order valence-corrected chi connectivity index (χ1v) is 8.65. The van der Waals surface area contributed by atoms with Crippen LogP contribution in [0.25, 0.3) is 6.08 Å². The topological polar surface area (TPSA) is 47.6 Å². The molecule has 1 amide bonds. The Morgan fingerprint density at radius 2 is 1.72 bits per heavy atom. The van der Waals surface area contributed by atoms with Gasteiger partial charge in [-0.2, -0.15) is 30.7 Å². The third-order valence-corrected chi connectivity index (χ3v) is 4.35. The van der Waals surface area contributed by atoms with Gasteiger partial charge in [0.05, 0.1) is 5.92 Å². The Labute approximate surface area is 161 Å². The zero-order valence-electron chi connectivity index (χ0n) is 14.9. The number of hydrogen-bond acceptors (Lipinski definition) is 3. The van der Waals surface area contributed by atoms with Gasteiger partial charge in [0.25, 0.3) is 0 Å². The molecule has 0 spiro atoms. The molecule has 0 radical (unpaired) electrons. The van der Waals surface area contributed by atoms with E-state index in [9.17, 15) is 35.5 Å². The van der Waals surface area contributed by atoms with Crippen LogP contribution in [0.4, 0.5) is 30.7 Å². The average molecular weight is 429 g/mol. The second-order valence-corrected chi connectivity index (χ2v) is 6.34. The van der Waals surface area contributed by atoms with E-state index in [1.165, 1.54) is 0 Å². The first kappa shape index (κ1) is 22.8. The van der Waals surface area contributed by atoms with Crippen LogP contribution in [0, 0.1) is 5.92 Å². The van der Waals surface area contributed by atoms with Crippen molar-refractivity contribution in [1.82, 2.24) is 5.32 Å². The summed E-state index contributed by atoms with van der Waals surface area (Å²) in [7, 11) is 0. The van der Waals surface area contributed by atoms with Crippen molar-refractivity contribution in [3.05, 3.63) is 29.8 Å². The molecular weight excluding hydrogens is 411 g/mol. The number of rotatable bonds is 7. The van der Waals surface area contributed by atoms with Crippen molar-refractivity contribution < 1.29 is 45.0 Å². The Hall–Kier alpha value is -2.46. The average Bonchev–Trinajstić information content (AvgIpc) is 2.59. The van der Waals surface area contributed by atoms with Crippen LogP contribution in [-0.4, -0.2) is 31.3 Å². The molecule has 0 heterocycles. The van der Waals surface area contributed by atoms with Crippen molar-refractivity contribution in [2.45, 2.75) is 51.1 Å². The third-order valence-electron chi connectivity index (χ3n) is 4.35. The quantitative estimate of drug-likeness (QED) is 0.482. The van der Waals surface area contributed by atoms with Crippen LogP contribution in [0.3, 0.4) is 0 Å². The Kier molecular flexibility index (Phi) is 7.74. The third kappa shape index (κ3) is 7.13. The molecule has 0 aliphatic heterocycles. The maximum Gasteiger partial charge on any atom is 0.393 e. The number of benzene rings is 1. The predicted octanol–water partition coefficient (Wildman–Crippen LogP) is 5.14. The smallest absolute Gasteiger partial charge is 0.393 e. The van der Waals surface area contributed by atoms with Gasteiger partial charge in [0.1, 0.15) is 11.5 Å². The van der Waals surface area contributed by atoms with Gasteiger partial charge in [0.15, 0.2) is 0 Å². The number of nitrogens with one attached hydrogen (secondary N) is 1. The van der Waals surface area contributed by atoms with E-state index in [1.807, 2.05) is 0 Å². The standard InChI is InChI=1S/C18H18F7NO3/c19-16(20)28-11-7-5-10(14(9-11)29-17(21)22)6-8-15(27)26-13-4-2-1-3-12(13)18(23,24)25/h5-9,12-13,16-17H,1-4H2,(H,26,27)/b8-6+. The zero-order chi connectivity index (χ0) is 21.6. The van der Waals surface area contributed by atoms with Gasteiger partial charge in [-0.05, 0) is 31.1 Å². The number of amides is 1. The van der Waals surface area contributed by atoms with Crippen molar-refractivity contribution in [3.63, 3.8) is 0 Å². The molecule has 0 bridgehead atoms. The van der Waals surface area contributed by atoms with Crippen molar-refractivity contribution >= 4 is 12.0 Å². The Morgan fingerprint density at radius 1 is 1.07 bits per heavy atom. The Balaban J connectivity index is 2.11. The van der Waals surface area contributed by atoms with Gasteiger partial charge in [0.2, 0.25) is 5.91 Å². The maximum absolute atomic E-state index is 13.1. The number of hydrogen-bond donors (Lipinski definition) is 1. The Bertz CT molecular complexity index is 722. The summed E-state index contributed by atoms with van der Waals surface area (Å²) < 4.78 is 97.1. The first-order chi connectivity index (χ1) is 13.6. The zero-order valence-corrected chi connectivity index (χ0v) is 14.9. The highest BCUT2D eigenvalue weighted by atomic mass is 19.4. The number of alkyl halides is 7. The van der Waals surface area contributed by atoms with Gasteiger partial charge in [-0.3, -0.25) is 4.79 Å². The monoisotopic (exact) mass is 429 g/mol. The van der Waals surface area contributed by atoms with Gasteiger partial charge >= 0.3 is 19.4 Å². The molecule has 1 fully saturated rings. The summed E-state index contributed by atoms with van der Waals surface area (Å²) in [5.41, 5.74) is -0.0712. The van der Waals surface area contributed by atoms with Gasteiger partial charge < -0.3 is 14.8 Å². The SMILES string of the molecule is O=C(/C=C/c1ccc(OC(F)F)cc1OC(F)F)NC1CCCCC1C(F)(F)F. The molecule has 1 aromatic rings. The van der Waals surface area contributed by atoms with E-state index in [0.29, 0.717) is 12.8 Å². The molecular formula is C18H18F7NO3. The van der Waals surface area contributed by atoms with Crippen LogP contribution in [0.5, 0.6) is 11.5 Å². The van der Waals surface area contributed by atoms with Crippen LogP contribution >= 0.6 is 0 Å². The molecule has 0 saturated heterocycles. The highest BCUT2D eigenvalue weighted by molar-refractivity contribution is 5.92. The fourth-order valence-corrected chi connectivity index (χ4v) is 3.12. The molecule has 162 valence electrons. The second-order valence-electron chi connectivity index (χ2n) is 6.34. The lowest BCUT2D eigenvalue weighted by Gasteiger charge is -2.33. The van der Waals surface area contributed by atoms with Crippen LogP contribution < -0.4 is 14.8 Å². The number of ether oxygens (including phenoxy) is 2. The van der Waals surface area contributed by atoms with Crippen molar-refractivity contribution in [1.29, 1.82) is 0 Å². The highest BCUT2D eigenvalue weighted by Gasteiger charge is 2.45. The molecule has 11 heteroatoms. The second kappa shape index (κ2) is 9.84. The van der Waals surface area contributed by atoms with E-state index >= 15 is 0 Å². The summed E-state index contributed by atoms with van der Waals surface area (Å²) in [4.78, 5) is 12.0. The molecule has 0 aromatic heterocycles. The largest absolute Gasteiger partial charge is 0.435 e. The van der Waals surface area contributed by atoms with Gasteiger partial charge in [-0.25, -0.2) is 0 Å². The van der Waals surface area contributed by atoms with E-state index in [0.717, 1.165) is 30.4 Å². The summed E-state index contributed by atoms with van der Waals surface area (Å²) >= 11 is 0. The Morgan fingerprint density at radius 3 is 2.34 bits per heavy atom. The van der Waals surface area contributed by atoms with Crippen molar-refractivity contribution in [2.24, 2.45) is 5.92 Å². The van der Waals surface area contributed by atoms with Gasteiger partial charge in [0, 0.05) is 23.7 Å². The fraction of sp³-hybridized carbons (Fsp3) is 0.500. The van der Waals surface area contributed by atoms with Crippen molar-refractivity contribution in [3.8, 4) is 11.5 Å². The minimum Gasteiger partial charge on any atom is -0.435 e. The maximum atomic E-state index is 13.1. The molecule has 1 N–H and O–H groups in total. The van der Waals surface area contributed by atoms with Crippen molar-refractivity contribution in [2.75, 3.05) is 0 Å². The molecule has 1 aliphatic rings. The summed E-state index contributed by atoms with van der Waals surface area (Å²) in [6.45, 7) is -6.45. The molecule has 1 aliphatic carbocycles. The highest BCUT2D eigenvalue weighted by Crippen LogP contribution is 2.37. The molecule has 2 rings (SSSR count). The number of halogens is 7. The van der Waals surface area contributed by atoms with Crippen LogP contribution in [0.2, 0.25) is 0 Å². The van der Waals surface area contributed by atoms with Crippen LogP contribution in [-0.2, 0) is 4.79 Å². The van der Waals surface area contributed by atoms with E-state index < -0.39 is 48.8 Å². The molecule has 29 heavy (non-hydrogen) atoms. The molecule has 1 saturated carbocycles. The molecule has 4 nitrogen and oxygen atoms in total. The lowest BCUT2D eigenvalue weighted by atomic mass is 9.84. The van der Waals surface area contributed by atoms with Gasteiger partial charge in [-0.15, -0.1) is 0 Å². The van der Waals surface area contributed by atoms with Crippen LogP contribution in [0.15, 0.2) is 24.3 Å². The summed E-state index contributed by atoms with van der Waals surface area (Å²) in [5, 5.41) is 2.28. The van der Waals surface area contributed by atoms with E-state index in [4.69, 9.17) is 0 Å². The number of carbonyl (C=O) groups is 1. The fourth-order valence-electron chi connectivity index (χ4n) is 3.12. The molecule has 2 unspecified atom stereocenters. The summed E-state index contributed by atoms with van der Waals surface area (Å²) in [6.07, 6.45) is -1.51. The minimum atomic E-state index is -4.44. The molecule has 2 atom stereocenters. The normalized spacial score (nSPS) is 20.3. The summed E-state index contributed by atoms with van der Waals surface area (Å²) in [6, 6.07) is 1.84. The first-order valence-electron chi connectivity index (χ1n) is 8.65. The minimum absolute atomic E-state index is 0.0712. The summed E-state index contributed by atoms with van der Waals surface area (Å²) in [5.74, 6) is -3.47. The van der Waals surface area contributed by atoms with E-state index in [2.05, 4.69) is 14.8 Å². The van der Waals surface area contributed by atoms with Crippen LogP contribution in [0.1, 0.15) is 31.2 Å². The lowest BCUT2D eigenvalue weighted by Crippen LogP contribution is -2.47. The van der Waals surface area contributed by atoms with Gasteiger partial charge in [-0.1, -0.05) is 12.8 Å². The van der Waals surface area contributed by atoms with E-state index in [-0.39, 0.29) is 18.4 Å². The predicted molar refractivity (Wildman–Crippen MR) is 88.7 cm³/mol. The molecule has 1 aromatic carbocycles.